The van der Waals surface area contributed by atoms with Gasteiger partial charge in [-0.3, -0.25) is 0 Å². The number of aryl methyl sites for hydroxylation is 1. The van der Waals surface area contributed by atoms with E-state index in [4.69, 9.17) is 4.74 Å². The molecule has 3 rings (SSSR count). The molecule has 8 heteroatoms. The summed E-state index contributed by atoms with van der Waals surface area (Å²) in [5.41, 5.74) is 1.89. The SMILES string of the molecule is CCc1ccccc1NC(=O)NCc1nc(OC)nc(N2CCCCC2)n1. The smallest absolute Gasteiger partial charge is 0.321 e. The molecule has 144 valence electrons. The Hall–Kier alpha value is -2.90. The first-order valence-corrected chi connectivity index (χ1v) is 9.36. The molecule has 0 spiro atoms. The highest BCUT2D eigenvalue weighted by molar-refractivity contribution is 5.90. The average Bonchev–Trinajstić information content (AvgIpc) is 2.73. The van der Waals surface area contributed by atoms with Crippen molar-refractivity contribution >= 4 is 17.7 Å². The van der Waals surface area contributed by atoms with Crippen LogP contribution < -0.4 is 20.3 Å². The van der Waals surface area contributed by atoms with E-state index in [1.165, 1.54) is 13.5 Å². The standard InChI is InChI=1S/C19H26N6O2/c1-3-14-9-5-6-10-15(14)21-18(26)20-13-16-22-17(24-19(23-16)27-2)25-11-7-4-8-12-25/h5-6,9-10H,3-4,7-8,11-13H2,1-2H3,(H2,20,21,26). The lowest BCUT2D eigenvalue weighted by Gasteiger charge is -2.26. The van der Waals surface area contributed by atoms with E-state index in [0.29, 0.717) is 11.8 Å². The predicted molar refractivity (Wildman–Crippen MR) is 104 cm³/mol. The Kier molecular flexibility index (Phi) is 6.40. The van der Waals surface area contributed by atoms with Gasteiger partial charge >= 0.3 is 12.0 Å². The number of nitrogens with zero attached hydrogens (tertiary/aromatic N) is 4. The molecule has 0 bridgehead atoms. The second-order valence-corrected chi connectivity index (χ2v) is 6.40. The highest BCUT2D eigenvalue weighted by Crippen LogP contribution is 2.18. The van der Waals surface area contributed by atoms with Crippen molar-refractivity contribution in [2.75, 3.05) is 30.4 Å². The van der Waals surface area contributed by atoms with E-state index in [1.54, 1.807) is 0 Å². The molecule has 1 saturated heterocycles. The quantitative estimate of drug-likeness (QED) is 0.812. The van der Waals surface area contributed by atoms with Gasteiger partial charge in [0.15, 0.2) is 5.82 Å². The van der Waals surface area contributed by atoms with E-state index in [1.807, 2.05) is 24.3 Å². The zero-order valence-electron chi connectivity index (χ0n) is 15.9. The Morgan fingerprint density at radius 2 is 1.93 bits per heavy atom. The van der Waals surface area contributed by atoms with Crippen LogP contribution in [0.25, 0.3) is 0 Å². The first-order chi connectivity index (χ1) is 13.2. The Morgan fingerprint density at radius 1 is 1.15 bits per heavy atom. The number of para-hydroxylation sites is 1. The Morgan fingerprint density at radius 3 is 2.67 bits per heavy atom. The zero-order chi connectivity index (χ0) is 19.1. The fourth-order valence-corrected chi connectivity index (χ4v) is 3.07. The topological polar surface area (TPSA) is 92.3 Å². The van der Waals surface area contributed by atoms with Crippen molar-refractivity contribution in [1.82, 2.24) is 20.3 Å². The lowest BCUT2D eigenvalue weighted by molar-refractivity contribution is 0.251. The van der Waals surface area contributed by atoms with E-state index in [9.17, 15) is 4.79 Å². The number of piperidine rings is 1. The molecule has 2 heterocycles. The molecule has 1 aliphatic heterocycles. The van der Waals surface area contributed by atoms with Gasteiger partial charge in [0, 0.05) is 18.8 Å². The van der Waals surface area contributed by atoms with Crippen LogP contribution in [0.4, 0.5) is 16.4 Å². The lowest BCUT2D eigenvalue weighted by atomic mass is 10.1. The van der Waals surface area contributed by atoms with E-state index in [-0.39, 0.29) is 18.6 Å². The summed E-state index contributed by atoms with van der Waals surface area (Å²) in [7, 11) is 1.53. The van der Waals surface area contributed by atoms with Gasteiger partial charge in [0.2, 0.25) is 5.95 Å². The van der Waals surface area contributed by atoms with Crippen LogP contribution >= 0.6 is 0 Å². The number of carbonyl (C=O) groups is 1. The minimum atomic E-state index is -0.296. The number of amides is 2. The molecule has 2 N–H and O–H groups in total. The van der Waals surface area contributed by atoms with E-state index in [0.717, 1.165) is 43.6 Å². The first kappa shape index (κ1) is 18.9. The van der Waals surface area contributed by atoms with Crippen LogP contribution in [0.5, 0.6) is 6.01 Å². The molecule has 8 nitrogen and oxygen atoms in total. The van der Waals surface area contributed by atoms with Crippen LogP contribution in [0.3, 0.4) is 0 Å². The number of rotatable bonds is 6. The molecule has 1 fully saturated rings. The number of hydrogen-bond donors (Lipinski definition) is 2. The highest BCUT2D eigenvalue weighted by Gasteiger charge is 2.17. The van der Waals surface area contributed by atoms with Crippen LogP contribution in [0.15, 0.2) is 24.3 Å². The summed E-state index contributed by atoms with van der Waals surface area (Å²) in [5, 5.41) is 5.68. The van der Waals surface area contributed by atoms with E-state index in [2.05, 4.69) is 37.4 Å². The van der Waals surface area contributed by atoms with Crippen molar-refractivity contribution in [2.24, 2.45) is 0 Å². The normalized spacial score (nSPS) is 13.9. The maximum Gasteiger partial charge on any atom is 0.321 e. The van der Waals surface area contributed by atoms with Gasteiger partial charge in [-0.2, -0.15) is 15.0 Å². The summed E-state index contributed by atoms with van der Waals surface area (Å²) in [6, 6.07) is 7.71. The summed E-state index contributed by atoms with van der Waals surface area (Å²) >= 11 is 0. The maximum atomic E-state index is 12.3. The molecule has 1 aliphatic rings. The van der Waals surface area contributed by atoms with Gasteiger partial charge in [-0.05, 0) is 37.3 Å². The molecule has 0 unspecified atom stereocenters. The Labute approximate surface area is 159 Å². The zero-order valence-corrected chi connectivity index (χ0v) is 15.9. The maximum absolute atomic E-state index is 12.3. The molecule has 0 radical (unpaired) electrons. The fraction of sp³-hybridized carbons (Fsp3) is 0.474. The van der Waals surface area contributed by atoms with E-state index < -0.39 is 0 Å². The third-order valence-electron chi connectivity index (χ3n) is 4.52. The molecule has 0 aliphatic carbocycles. The summed E-state index contributed by atoms with van der Waals surface area (Å²) in [6.07, 6.45) is 4.33. The van der Waals surface area contributed by atoms with Crippen LogP contribution in [-0.4, -0.2) is 41.2 Å². The van der Waals surface area contributed by atoms with Crippen LogP contribution in [0, 0.1) is 0 Å². The van der Waals surface area contributed by atoms with Crippen LogP contribution in [0.2, 0.25) is 0 Å². The van der Waals surface area contributed by atoms with Gasteiger partial charge < -0.3 is 20.3 Å². The molecular weight excluding hydrogens is 344 g/mol. The second-order valence-electron chi connectivity index (χ2n) is 6.40. The van der Waals surface area contributed by atoms with Gasteiger partial charge in [-0.1, -0.05) is 25.1 Å². The number of ether oxygens (including phenoxy) is 1. The van der Waals surface area contributed by atoms with Crippen molar-refractivity contribution in [3.05, 3.63) is 35.7 Å². The van der Waals surface area contributed by atoms with Gasteiger partial charge in [0.25, 0.3) is 0 Å². The minimum Gasteiger partial charge on any atom is -0.467 e. The van der Waals surface area contributed by atoms with Gasteiger partial charge in [-0.25, -0.2) is 4.79 Å². The minimum absolute atomic E-state index is 0.194. The molecule has 27 heavy (non-hydrogen) atoms. The number of urea groups is 1. The van der Waals surface area contributed by atoms with Crippen molar-refractivity contribution in [2.45, 2.75) is 39.2 Å². The van der Waals surface area contributed by atoms with Crippen molar-refractivity contribution in [3.8, 4) is 6.01 Å². The molecule has 1 aromatic carbocycles. The summed E-state index contributed by atoms with van der Waals surface area (Å²) in [6.45, 7) is 4.10. The summed E-state index contributed by atoms with van der Waals surface area (Å²) in [5.74, 6) is 1.08. The van der Waals surface area contributed by atoms with Crippen molar-refractivity contribution < 1.29 is 9.53 Å². The van der Waals surface area contributed by atoms with Crippen LogP contribution in [-0.2, 0) is 13.0 Å². The monoisotopic (exact) mass is 370 g/mol. The van der Waals surface area contributed by atoms with Crippen LogP contribution in [0.1, 0.15) is 37.6 Å². The van der Waals surface area contributed by atoms with Gasteiger partial charge in [0.1, 0.15) is 0 Å². The third-order valence-corrected chi connectivity index (χ3v) is 4.52. The van der Waals surface area contributed by atoms with Gasteiger partial charge in [-0.15, -0.1) is 0 Å². The molecule has 2 aromatic rings. The number of hydrogen-bond acceptors (Lipinski definition) is 6. The molecule has 0 saturated carbocycles. The van der Waals surface area contributed by atoms with Crippen molar-refractivity contribution in [1.29, 1.82) is 0 Å². The molecule has 0 atom stereocenters. The Balaban J connectivity index is 1.65. The van der Waals surface area contributed by atoms with Gasteiger partial charge in [0.05, 0.1) is 13.7 Å². The van der Waals surface area contributed by atoms with Crippen molar-refractivity contribution in [3.63, 3.8) is 0 Å². The Bertz CT molecular complexity index is 777. The number of carbonyl (C=O) groups excluding carboxylic acids is 1. The number of aromatic nitrogens is 3. The fourth-order valence-electron chi connectivity index (χ4n) is 3.07. The summed E-state index contributed by atoms with van der Waals surface area (Å²) < 4.78 is 5.20. The third kappa shape index (κ3) is 5.06. The highest BCUT2D eigenvalue weighted by atomic mass is 16.5. The number of benzene rings is 1. The molecular formula is C19H26N6O2. The number of nitrogens with one attached hydrogen (secondary N) is 2. The number of anilines is 2. The molecule has 1 aromatic heterocycles. The number of methoxy groups -OCH3 is 1. The molecule has 2 amide bonds. The van der Waals surface area contributed by atoms with E-state index >= 15 is 0 Å². The second kappa shape index (κ2) is 9.16. The summed E-state index contributed by atoms with van der Waals surface area (Å²) in [4.78, 5) is 27.5. The predicted octanol–water partition coefficient (Wildman–Crippen LogP) is 2.75. The average molecular weight is 370 g/mol. The largest absolute Gasteiger partial charge is 0.467 e. The first-order valence-electron chi connectivity index (χ1n) is 9.36. The lowest BCUT2D eigenvalue weighted by Crippen LogP contribution is -2.33.